The summed E-state index contributed by atoms with van der Waals surface area (Å²) in [6.07, 6.45) is -4.13. The lowest BCUT2D eigenvalue weighted by Crippen LogP contribution is -2.32. The van der Waals surface area contributed by atoms with Gasteiger partial charge in [0.05, 0.1) is 27.8 Å². The maximum atomic E-state index is 15.0. The summed E-state index contributed by atoms with van der Waals surface area (Å²) in [5.41, 5.74) is -4.19. The Morgan fingerprint density at radius 3 is 2.13 bits per heavy atom. The van der Waals surface area contributed by atoms with E-state index in [1.165, 1.54) is 11.4 Å². The molecule has 3 amide bonds. The quantitative estimate of drug-likeness (QED) is 0.161. The second-order valence-electron chi connectivity index (χ2n) is 9.46. The standard InChI is InChI=1S/C27H16Cl3F8N3O3S/c1-45-27(37,38)24(44)41-21-16(32)6-7-17(20(21)33)40-22(42)12-9-11(3-4-14(12)28)39-23(43)19-18(25(19,29)30)10-2-5-15(31)13(8-10)26(34,35)36/h2-9,18-19H,1H3,(H,39,43)(H,40,42)(H,41,44)/t18-,19+/m0/s1. The van der Waals surface area contributed by atoms with Gasteiger partial charge >= 0.3 is 17.3 Å². The largest absolute Gasteiger partial charge is 0.419 e. The lowest BCUT2D eigenvalue weighted by Gasteiger charge is -2.16. The summed E-state index contributed by atoms with van der Waals surface area (Å²) in [5, 5.41) is 1.63. The van der Waals surface area contributed by atoms with Crippen molar-refractivity contribution in [3.05, 3.63) is 87.7 Å². The average molecular weight is 721 g/mol. The van der Waals surface area contributed by atoms with Crippen molar-refractivity contribution in [1.29, 1.82) is 0 Å². The normalized spacial score (nSPS) is 17.4. The molecule has 3 aromatic rings. The first-order chi connectivity index (χ1) is 20.8. The van der Waals surface area contributed by atoms with Crippen LogP contribution in [0.3, 0.4) is 0 Å². The maximum absolute atomic E-state index is 15.0. The minimum atomic E-state index is -5.02. The molecule has 1 aliphatic carbocycles. The predicted molar refractivity (Wildman–Crippen MR) is 154 cm³/mol. The van der Waals surface area contributed by atoms with Crippen molar-refractivity contribution in [3.8, 4) is 0 Å². The predicted octanol–water partition coefficient (Wildman–Crippen LogP) is 8.45. The Balaban J connectivity index is 1.53. The zero-order chi connectivity index (χ0) is 33.6. The second kappa shape index (κ2) is 12.5. The molecule has 0 aromatic heterocycles. The molecule has 1 aliphatic rings. The third-order valence-corrected chi connectivity index (χ3v) is 8.54. The highest BCUT2D eigenvalue weighted by molar-refractivity contribution is 8.00. The van der Waals surface area contributed by atoms with Gasteiger partial charge in [-0.2, -0.15) is 22.0 Å². The Morgan fingerprint density at radius 1 is 0.867 bits per heavy atom. The number of hydrogen-bond donors (Lipinski definition) is 3. The van der Waals surface area contributed by atoms with Gasteiger partial charge in [-0.25, -0.2) is 13.2 Å². The van der Waals surface area contributed by atoms with Crippen molar-refractivity contribution < 1.29 is 49.5 Å². The summed E-state index contributed by atoms with van der Waals surface area (Å²) in [7, 11) is 0. The van der Waals surface area contributed by atoms with Crippen LogP contribution < -0.4 is 16.0 Å². The Hall–Kier alpha value is -3.27. The van der Waals surface area contributed by atoms with Crippen LogP contribution in [-0.4, -0.2) is 33.6 Å². The fraction of sp³-hybridized carbons (Fsp3) is 0.222. The number of alkyl halides is 7. The van der Waals surface area contributed by atoms with Gasteiger partial charge in [0.25, 0.3) is 5.91 Å². The van der Waals surface area contributed by atoms with Crippen LogP contribution in [0, 0.1) is 23.4 Å². The van der Waals surface area contributed by atoms with E-state index in [1.807, 2.05) is 0 Å². The zero-order valence-electron chi connectivity index (χ0n) is 22.1. The molecule has 240 valence electrons. The number of anilines is 3. The van der Waals surface area contributed by atoms with Gasteiger partial charge in [0.2, 0.25) is 5.91 Å². The first-order valence-corrected chi connectivity index (χ1v) is 14.5. The molecule has 0 unspecified atom stereocenters. The van der Waals surface area contributed by atoms with Crippen molar-refractivity contribution in [1.82, 2.24) is 0 Å². The Bertz CT molecular complexity index is 1710. The SMILES string of the molecule is CSC(F)(F)C(=O)Nc1c(F)ccc(NC(=O)c2cc(NC(=O)[C@H]3[C@H](c4ccc(F)c(C(F)(F)F)c4)C3(Cl)Cl)ccc2Cl)c1F. The van der Waals surface area contributed by atoms with Crippen LogP contribution in [0.4, 0.5) is 52.2 Å². The molecule has 6 nitrogen and oxygen atoms in total. The topological polar surface area (TPSA) is 87.3 Å². The molecular weight excluding hydrogens is 705 g/mol. The number of rotatable bonds is 8. The number of amides is 3. The molecule has 0 spiro atoms. The first-order valence-electron chi connectivity index (χ1n) is 12.2. The van der Waals surface area contributed by atoms with Crippen LogP contribution in [0.25, 0.3) is 0 Å². The summed E-state index contributed by atoms with van der Waals surface area (Å²) in [6, 6.07) is 6.83. The van der Waals surface area contributed by atoms with Gasteiger partial charge in [-0.15, -0.1) is 23.2 Å². The van der Waals surface area contributed by atoms with E-state index in [1.54, 1.807) is 0 Å². The second-order valence-corrected chi connectivity index (χ2v) is 12.2. The van der Waals surface area contributed by atoms with E-state index in [4.69, 9.17) is 34.8 Å². The molecule has 0 bridgehead atoms. The van der Waals surface area contributed by atoms with E-state index in [2.05, 4.69) is 10.6 Å². The number of hydrogen-bond acceptors (Lipinski definition) is 4. The summed E-state index contributed by atoms with van der Waals surface area (Å²) >= 11 is 18.3. The van der Waals surface area contributed by atoms with Gasteiger partial charge in [0, 0.05) is 11.6 Å². The van der Waals surface area contributed by atoms with Gasteiger partial charge in [0.15, 0.2) is 5.82 Å². The highest BCUT2D eigenvalue weighted by atomic mass is 35.5. The minimum Gasteiger partial charge on any atom is -0.326 e. The third kappa shape index (κ3) is 7.11. The van der Waals surface area contributed by atoms with Crippen LogP contribution in [0.15, 0.2) is 48.5 Å². The number of nitrogens with one attached hydrogen (secondary N) is 3. The molecule has 0 radical (unpaired) electrons. The van der Waals surface area contributed by atoms with Crippen LogP contribution in [-0.2, 0) is 15.8 Å². The van der Waals surface area contributed by atoms with Crippen LogP contribution in [0.5, 0.6) is 0 Å². The number of halogens is 11. The van der Waals surface area contributed by atoms with Gasteiger partial charge in [-0.1, -0.05) is 29.4 Å². The van der Waals surface area contributed by atoms with Crippen LogP contribution in [0.2, 0.25) is 5.02 Å². The summed E-state index contributed by atoms with van der Waals surface area (Å²) < 4.78 is 108. The van der Waals surface area contributed by atoms with Crippen molar-refractivity contribution in [2.45, 2.75) is 21.7 Å². The summed E-state index contributed by atoms with van der Waals surface area (Å²) in [6.45, 7) is 0. The molecule has 3 aromatic carbocycles. The molecular formula is C27H16Cl3F8N3O3S. The van der Waals surface area contributed by atoms with E-state index in [0.717, 1.165) is 30.5 Å². The number of carbonyl (C=O) groups is 3. The third-order valence-electron chi connectivity index (χ3n) is 6.57. The van der Waals surface area contributed by atoms with Crippen molar-refractivity contribution in [2.75, 3.05) is 22.2 Å². The fourth-order valence-electron chi connectivity index (χ4n) is 4.25. The van der Waals surface area contributed by atoms with Gasteiger partial charge in [0.1, 0.15) is 21.7 Å². The Morgan fingerprint density at radius 2 is 1.51 bits per heavy atom. The van der Waals surface area contributed by atoms with E-state index in [-0.39, 0.29) is 33.6 Å². The fourth-order valence-corrected chi connectivity index (χ4v) is 5.52. The average Bonchev–Trinajstić information content (AvgIpc) is 3.54. The molecule has 4 rings (SSSR count). The van der Waals surface area contributed by atoms with Gasteiger partial charge < -0.3 is 16.0 Å². The highest BCUT2D eigenvalue weighted by Gasteiger charge is 2.67. The highest BCUT2D eigenvalue weighted by Crippen LogP contribution is 2.65. The van der Waals surface area contributed by atoms with Crippen molar-refractivity contribution in [2.24, 2.45) is 5.92 Å². The monoisotopic (exact) mass is 719 g/mol. The molecule has 1 fully saturated rings. The molecule has 3 N–H and O–H groups in total. The first kappa shape index (κ1) is 34.6. The molecule has 1 saturated carbocycles. The summed E-state index contributed by atoms with van der Waals surface area (Å²) in [5.74, 6) is -11.0. The van der Waals surface area contributed by atoms with E-state index < -0.39 is 79.7 Å². The van der Waals surface area contributed by atoms with E-state index in [0.29, 0.717) is 18.2 Å². The molecule has 0 heterocycles. The molecule has 18 heteroatoms. The Kier molecular flexibility index (Phi) is 9.61. The van der Waals surface area contributed by atoms with Crippen LogP contribution >= 0.6 is 46.6 Å². The van der Waals surface area contributed by atoms with Crippen molar-refractivity contribution >= 4 is 81.3 Å². The number of carbonyl (C=O) groups excluding carboxylic acids is 3. The minimum absolute atomic E-state index is 0.0914. The van der Waals surface area contributed by atoms with E-state index >= 15 is 0 Å². The lowest BCUT2D eigenvalue weighted by atomic mass is 10.0. The van der Waals surface area contributed by atoms with E-state index in [9.17, 15) is 49.5 Å². The van der Waals surface area contributed by atoms with Crippen molar-refractivity contribution in [3.63, 3.8) is 0 Å². The maximum Gasteiger partial charge on any atom is 0.419 e. The molecule has 0 saturated heterocycles. The smallest absolute Gasteiger partial charge is 0.326 e. The molecule has 2 atom stereocenters. The van der Waals surface area contributed by atoms with Gasteiger partial charge in [-0.05, 0) is 54.3 Å². The summed E-state index contributed by atoms with van der Waals surface area (Å²) in [4.78, 5) is 37.6. The van der Waals surface area contributed by atoms with Crippen LogP contribution in [0.1, 0.15) is 27.4 Å². The molecule has 0 aliphatic heterocycles. The number of thioether (sulfide) groups is 1. The Labute approximate surface area is 267 Å². The van der Waals surface area contributed by atoms with Gasteiger partial charge in [-0.3, -0.25) is 14.4 Å². The number of benzene rings is 3. The molecule has 45 heavy (non-hydrogen) atoms. The lowest BCUT2D eigenvalue weighted by molar-refractivity contribution is -0.140. The zero-order valence-corrected chi connectivity index (χ0v) is 25.1.